The van der Waals surface area contributed by atoms with Gasteiger partial charge in [0.15, 0.2) is 0 Å². The van der Waals surface area contributed by atoms with Gasteiger partial charge in [0.05, 0.1) is 7.11 Å². The Morgan fingerprint density at radius 3 is 2.57 bits per heavy atom. The fourth-order valence-corrected chi connectivity index (χ4v) is 4.86. The van der Waals surface area contributed by atoms with E-state index in [1.165, 1.54) is 36.3 Å². The molecule has 114 valence electrons. The zero-order valence-corrected chi connectivity index (χ0v) is 14.6. The number of benzene rings is 1. The minimum Gasteiger partial charge on any atom is -0.497 e. The van der Waals surface area contributed by atoms with Crippen molar-refractivity contribution in [2.45, 2.75) is 32.6 Å². The number of unbranched alkanes of at least 4 members (excludes halogenated alkanes) is 1. The zero-order chi connectivity index (χ0) is 14.9. The molecule has 1 fully saturated rings. The van der Waals surface area contributed by atoms with Crippen LogP contribution in [0.5, 0.6) is 5.75 Å². The molecule has 3 heteroatoms. The third kappa shape index (κ3) is 5.84. The second-order valence-electron chi connectivity index (χ2n) is 5.19. The van der Waals surface area contributed by atoms with Crippen LogP contribution in [0.2, 0.25) is 0 Å². The van der Waals surface area contributed by atoms with E-state index in [0.717, 1.165) is 12.2 Å². The summed E-state index contributed by atoms with van der Waals surface area (Å²) in [6.45, 7) is 2.30. The second-order valence-corrected chi connectivity index (χ2v) is 7.65. The van der Waals surface area contributed by atoms with Gasteiger partial charge >= 0.3 is 0 Å². The average molecular weight is 321 g/mol. The molecular formula is C18H24OS2. The largest absolute Gasteiger partial charge is 0.497 e. The highest BCUT2D eigenvalue weighted by Gasteiger charge is 2.09. The molecule has 1 aliphatic rings. The highest BCUT2D eigenvalue weighted by molar-refractivity contribution is 8.22. The van der Waals surface area contributed by atoms with Crippen LogP contribution in [-0.2, 0) is 0 Å². The Morgan fingerprint density at radius 2 is 1.90 bits per heavy atom. The number of hydrogen-bond acceptors (Lipinski definition) is 3. The molecule has 0 unspecified atom stereocenters. The fourth-order valence-electron chi connectivity index (χ4n) is 2.20. The molecule has 0 bridgehead atoms. The Balaban J connectivity index is 1.72. The van der Waals surface area contributed by atoms with Gasteiger partial charge < -0.3 is 4.74 Å². The molecule has 1 nitrogen and oxygen atoms in total. The summed E-state index contributed by atoms with van der Waals surface area (Å²) >= 11 is 4.10. The quantitative estimate of drug-likeness (QED) is 0.597. The van der Waals surface area contributed by atoms with Crippen molar-refractivity contribution in [3.8, 4) is 5.75 Å². The lowest BCUT2D eigenvalue weighted by atomic mass is 10.1. The molecule has 1 aromatic rings. The molecule has 0 radical (unpaired) electrons. The number of ether oxygens (including phenoxy) is 1. The minimum absolute atomic E-state index is 0.914. The Labute approximate surface area is 137 Å². The van der Waals surface area contributed by atoms with E-state index >= 15 is 0 Å². The van der Waals surface area contributed by atoms with E-state index in [-0.39, 0.29) is 0 Å². The highest BCUT2D eigenvalue weighted by Crippen LogP contribution is 2.38. The summed E-state index contributed by atoms with van der Waals surface area (Å²) in [7, 11) is 1.70. The van der Waals surface area contributed by atoms with E-state index in [1.807, 2.05) is 35.7 Å². The van der Waals surface area contributed by atoms with Crippen LogP contribution in [0.25, 0.3) is 6.08 Å². The van der Waals surface area contributed by atoms with Crippen molar-refractivity contribution in [2.24, 2.45) is 0 Å². The van der Waals surface area contributed by atoms with Gasteiger partial charge in [0.1, 0.15) is 5.75 Å². The molecule has 1 aliphatic heterocycles. The van der Waals surface area contributed by atoms with E-state index < -0.39 is 0 Å². The van der Waals surface area contributed by atoms with Crippen LogP contribution in [0.3, 0.4) is 0 Å². The smallest absolute Gasteiger partial charge is 0.118 e. The zero-order valence-electron chi connectivity index (χ0n) is 12.9. The van der Waals surface area contributed by atoms with Gasteiger partial charge in [-0.25, -0.2) is 0 Å². The van der Waals surface area contributed by atoms with E-state index in [9.17, 15) is 0 Å². The maximum Gasteiger partial charge on any atom is 0.118 e. The van der Waals surface area contributed by atoms with Gasteiger partial charge in [0.2, 0.25) is 0 Å². The normalized spacial score (nSPS) is 15.4. The summed E-state index contributed by atoms with van der Waals surface area (Å²) in [4.78, 5) is 0. The van der Waals surface area contributed by atoms with E-state index in [2.05, 4.69) is 31.2 Å². The summed E-state index contributed by atoms with van der Waals surface area (Å²) in [5, 5.41) is 0. The maximum atomic E-state index is 5.16. The molecule has 0 atom stereocenters. The molecule has 1 aromatic carbocycles. The second kappa shape index (κ2) is 9.26. The Bertz CT molecular complexity index is 480. The summed E-state index contributed by atoms with van der Waals surface area (Å²) in [5.41, 5.74) is 2.83. The Morgan fingerprint density at radius 1 is 1.19 bits per heavy atom. The van der Waals surface area contributed by atoms with Crippen LogP contribution in [0.1, 0.15) is 38.2 Å². The van der Waals surface area contributed by atoms with Crippen LogP contribution in [0, 0.1) is 0 Å². The van der Waals surface area contributed by atoms with Crippen LogP contribution in [0.4, 0.5) is 0 Å². The van der Waals surface area contributed by atoms with Gasteiger partial charge in [0, 0.05) is 4.24 Å². The molecule has 0 saturated carbocycles. The molecule has 21 heavy (non-hydrogen) atoms. The average Bonchev–Trinajstić information content (AvgIpc) is 2.55. The summed E-state index contributed by atoms with van der Waals surface area (Å²) in [6.07, 6.45) is 9.45. The van der Waals surface area contributed by atoms with E-state index in [1.54, 1.807) is 16.9 Å². The molecule has 1 heterocycles. The van der Waals surface area contributed by atoms with Crippen LogP contribution in [-0.4, -0.2) is 18.6 Å². The van der Waals surface area contributed by atoms with Gasteiger partial charge in [0.25, 0.3) is 0 Å². The molecule has 2 rings (SSSR count). The van der Waals surface area contributed by atoms with E-state index in [4.69, 9.17) is 4.74 Å². The Hall–Kier alpha value is -0.800. The first kappa shape index (κ1) is 16.6. The van der Waals surface area contributed by atoms with Gasteiger partial charge in [-0.3, -0.25) is 0 Å². The third-order valence-corrected chi connectivity index (χ3v) is 6.37. The summed E-state index contributed by atoms with van der Waals surface area (Å²) in [5.74, 6) is 3.52. The molecule has 0 aliphatic carbocycles. The van der Waals surface area contributed by atoms with Gasteiger partial charge in [-0.1, -0.05) is 29.9 Å². The predicted octanol–water partition coefficient (Wildman–Crippen LogP) is 5.98. The monoisotopic (exact) mass is 320 g/mol. The number of methoxy groups -OCH3 is 1. The first-order chi connectivity index (χ1) is 10.3. The molecule has 1 saturated heterocycles. The number of hydrogen-bond donors (Lipinski definition) is 0. The van der Waals surface area contributed by atoms with Crippen molar-refractivity contribution < 1.29 is 4.74 Å². The van der Waals surface area contributed by atoms with Crippen molar-refractivity contribution in [3.05, 3.63) is 45.7 Å². The summed E-state index contributed by atoms with van der Waals surface area (Å²) < 4.78 is 6.75. The molecule has 0 amide bonds. The van der Waals surface area contributed by atoms with Crippen LogP contribution < -0.4 is 4.74 Å². The first-order valence-electron chi connectivity index (χ1n) is 7.55. The molecule has 0 spiro atoms. The highest BCUT2D eigenvalue weighted by atomic mass is 32.2. The van der Waals surface area contributed by atoms with Crippen LogP contribution in [0.15, 0.2) is 40.2 Å². The Kier molecular flexibility index (Phi) is 7.31. The van der Waals surface area contributed by atoms with Crippen molar-refractivity contribution in [1.82, 2.24) is 0 Å². The molecule has 0 aromatic heterocycles. The fraction of sp³-hybridized carbons (Fsp3) is 0.444. The van der Waals surface area contributed by atoms with Crippen molar-refractivity contribution in [3.63, 3.8) is 0 Å². The number of thioether (sulfide) groups is 2. The standard InChI is InChI=1S/C18H24OS2/c1-15(18-20-13-6-14-21-18)7-4-3-5-8-16-9-11-17(19-2)12-10-16/h5,8-12H,3-4,6-7,13-14H2,1-2H3/b8-5+. The first-order valence-corrected chi connectivity index (χ1v) is 9.52. The molecule has 0 N–H and O–H groups in total. The van der Waals surface area contributed by atoms with Crippen LogP contribution >= 0.6 is 23.5 Å². The predicted molar refractivity (Wildman–Crippen MR) is 98.1 cm³/mol. The summed E-state index contributed by atoms with van der Waals surface area (Å²) in [6, 6.07) is 8.20. The maximum absolute atomic E-state index is 5.16. The van der Waals surface area contributed by atoms with Crippen molar-refractivity contribution >= 4 is 29.6 Å². The van der Waals surface area contributed by atoms with E-state index in [0.29, 0.717) is 0 Å². The number of rotatable bonds is 6. The van der Waals surface area contributed by atoms with Crippen molar-refractivity contribution in [1.29, 1.82) is 0 Å². The third-order valence-electron chi connectivity index (χ3n) is 3.45. The SMILES string of the molecule is COc1ccc(/C=C/CCCC(C)=C2SCCCS2)cc1. The van der Waals surface area contributed by atoms with Gasteiger partial charge in [-0.2, -0.15) is 0 Å². The minimum atomic E-state index is 0.914. The molecular weight excluding hydrogens is 296 g/mol. The van der Waals surface area contributed by atoms with Gasteiger partial charge in [-0.05, 0) is 61.8 Å². The van der Waals surface area contributed by atoms with Gasteiger partial charge in [-0.15, -0.1) is 23.5 Å². The van der Waals surface area contributed by atoms with Crippen molar-refractivity contribution in [2.75, 3.05) is 18.6 Å². The topological polar surface area (TPSA) is 9.23 Å². The lowest BCUT2D eigenvalue weighted by molar-refractivity contribution is 0.415. The number of allylic oxidation sites excluding steroid dienone is 2. The lowest BCUT2D eigenvalue weighted by Gasteiger charge is -2.15. The lowest BCUT2D eigenvalue weighted by Crippen LogP contribution is -1.94.